The molecule has 1 aromatic heterocycles. The fourth-order valence-corrected chi connectivity index (χ4v) is 6.61. The summed E-state index contributed by atoms with van der Waals surface area (Å²) in [6.45, 7) is 8.38. The van der Waals surface area contributed by atoms with Gasteiger partial charge in [0.2, 0.25) is 6.79 Å². The Balaban J connectivity index is 1.16. The van der Waals surface area contributed by atoms with Crippen molar-refractivity contribution in [1.82, 2.24) is 0 Å². The van der Waals surface area contributed by atoms with Crippen molar-refractivity contribution in [1.29, 1.82) is 0 Å². The van der Waals surface area contributed by atoms with Crippen LogP contribution in [0.15, 0.2) is 71.4 Å². The average Bonchev–Trinajstić information content (AvgIpc) is 3.48. The molecule has 1 fully saturated rings. The molecule has 0 amide bonds. The van der Waals surface area contributed by atoms with Crippen molar-refractivity contribution in [3.8, 4) is 0 Å². The molecule has 226 valence electrons. The predicted octanol–water partition coefficient (Wildman–Crippen LogP) is 6.84. The Labute approximate surface area is 254 Å². The third-order valence-electron chi connectivity index (χ3n) is 8.22. The number of nitrogens with zero attached hydrogens (tertiary/aromatic N) is 2. The smallest absolute Gasteiger partial charge is 0.428 e. The molecule has 0 radical (unpaired) electrons. The van der Waals surface area contributed by atoms with Gasteiger partial charge in [-0.05, 0) is 43.0 Å². The summed E-state index contributed by atoms with van der Waals surface area (Å²) >= 11 is 1.74. The van der Waals surface area contributed by atoms with Crippen LogP contribution >= 0.6 is 11.3 Å². The first-order chi connectivity index (χ1) is 20.3. The largest absolute Gasteiger partial charge is 0.511 e. The lowest BCUT2D eigenvalue weighted by Gasteiger charge is -2.41. The van der Waals surface area contributed by atoms with Crippen molar-refractivity contribution < 1.29 is 32.8 Å². The zero-order chi connectivity index (χ0) is 29.7. The summed E-state index contributed by atoms with van der Waals surface area (Å²) < 4.78 is 17.3. The summed E-state index contributed by atoms with van der Waals surface area (Å²) in [7, 11) is 2.17. The lowest BCUT2D eigenvalue weighted by Crippen LogP contribution is -2.51. The van der Waals surface area contributed by atoms with Gasteiger partial charge in [0.05, 0.1) is 33.1 Å². The normalized spacial score (nSPS) is 15.9. The summed E-state index contributed by atoms with van der Waals surface area (Å²) in [5.74, 6) is -0.348. The number of hydrogen-bond acceptors (Lipinski definition) is 6. The Morgan fingerprint density at radius 2 is 1.57 bits per heavy atom. The number of esters is 1. The molecule has 42 heavy (non-hydrogen) atoms. The Hall–Kier alpha value is -3.20. The minimum atomic E-state index is -0.821. The molecule has 1 saturated heterocycles. The Kier molecular flexibility index (Phi) is 12.0. The van der Waals surface area contributed by atoms with Gasteiger partial charge in [-0.2, -0.15) is 11.3 Å². The second-order valence-corrected chi connectivity index (χ2v) is 12.8. The average molecular weight is 595 g/mol. The molecule has 1 aliphatic rings. The van der Waals surface area contributed by atoms with Crippen molar-refractivity contribution in [2.45, 2.75) is 58.7 Å². The minimum Gasteiger partial charge on any atom is -0.428 e. The number of likely N-dealkylation sites (tertiary alicyclic amines) is 1. The molecule has 7 nitrogen and oxygen atoms in total. The van der Waals surface area contributed by atoms with Gasteiger partial charge in [-0.25, -0.2) is 4.79 Å². The van der Waals surface area contributed by atoms with Gasteiger partial charge in [-0.1, -0.05) is 60.2 Å². The maximum absolute atomic E-state index is 12.3. The molecule has 2 aromatic carbocycles. The molecule has 3 aromatic rings. The molecular formula is C34H46N2O5S+2. The number of piperidine rings is 1. The highest BCUT2D eigenvalue weighted by atomic mass is 32.1. The number of rotatable bonds is 15. The molecule has 0 saturated carbocycles. The van der Waals surface area contributed by atoms with Crippen molar-refractivity contribution in [2.75, 3.05) is 46.6 Å². The van der Waals surface area contributed by atoms with E-state index in [1.807, 2.05) is 18.2 Å². The van der Waals surface area contributed by atoms with Crippen LogP contribution in [0.3, 0.4) is 0 Å². The molecule has 1 atom stereocenters. The van der Waals surface area contributed by atoms with Crippen LogP contribution in [0.2, 0.25) is 0 Å². The maximum atomic E-state index is 12.3. The van der Waals surface area contributed by atoms with Gasteiger partial charge >= 0.3 is 12.1 Å². The second kappa shape index (κ2) is 15.9. The quantitative estimate of drug-likeness (QED) is 0.110. The van der Waals surface area contributed by atoms with Crippen LogP contribution in [0.25, 0.3) is 0 Å². The minimum absolute atomic E-state index is 0.201. The second-order valence-electron chi connectivity index (χ2n) is 12.0. The lowest BCUT2D eigenvalue weighted by atomic mass is 10.0. The summed E-state index contributed by atoms with van der Waals surface area (Å²) in [6, 6.07) is 21.1. The van der Waals surface area contributed by atoms with E-state index in [9.17, 15) is 9.59 Å². The summed E-state index contributed by atoms with van der Waals surface area (Å²) in [6.07, 6.45) is 4.01. The van der Waals surface area contributed by atoms with Crippen molar-refractivity contribution in [2.24, 2.45) is 0 Å². The molecule has 0 N–H and O–H groups in total. The van der Waals surface area contributed by atoms with Crippen LogP contribution in [0.1, 0.15) is 54.4 Å². The monoisotopic (exact) mass is 594 g/mol. The van der Waals surface area contributed by atoms with Crippen molar-refractivity contribution in [3.63, 3.8) is 0 Å². The molecule has 1 aliphatic heterocycles. The number of aryl methyl sites for hydroxylation is 1. The number of quaternary nitrogens is 2. The van der Waals surface area contributed by atoms with E-state index in [1.54, 1.807) is 11.3 Å². The number of ether oxygens (including phenoxy) is 3. The predicted molar refractivity (Wildman–Crippen MR) is 165 cm³/mol. The van der Waals surface area contributed by atoms with Gasteiger partial charge in [0, 0.05) is 23.1 Å². The first kappa shape index (κ1) is 31.7. The number of carbonyl (C=O) groups excluding carboxylic acids is 2. The third kappa shape index (κ3) is 10.6. The Bertz CT molecular complexity index is 1230. The fourth-order valence-electron chi connectivity index (χ4n) is 5.95. The molecule has 2 heterocycles. The van der Waals surface area contributed by atoms with E-state index in [2.05, 4.69) is 67.2 Å². The highest BCUT2D eigenvalue weighted by Crippen LogP contribution is 2.25. The highest BCUT2D eigenvalue weighted by Gasteiger charge is 2.30. The zero-order valence-corrected chi connectivity index (χ0v) is 26.0. The Morgan fingerprint density at radius 1 is 0.857 bits per heavy atom. The van der Waals surface area contributed by atoms with E-state index >= 15 is 0 Å². The van der Waals surface area contributed by atoms with Crippen LogP contribution in [-0.2, 0) is 38.6 Å². The summed E-state index contributed by atoms with van der Waals surface area (Å²) in [5.41, 5.74) is 5.06. The van der Waals surface area contributed by atoms with Gasteiger partial charge in [-0.15, -0.1) is 0 Å². The van der Waals surface area contributed by atoms with E-state index in [1.165, 1.54) is 41.5 Å². The third-order valence-corrected chi connectivity index (χ3v) is 8.95. The van der Waals surface area contributed by atoms with Crippen LogP contribution in [0.5, 0.6) is 0 Å². The van der Waals surface area contributed by atoms with Crippen LogP contribution in [0, 0.1) is 6.92 Å². The molecule has 8 heteroatoms. The molecular weight excluding hydrogens is 548 g/mol. The fraction of sp³-hybridized carbons (Fsp3) is 0.471. The first-order valence-corrected chi connectivity index (χ1v) is 16.0. The van der Waals surface area contributed by atoms with E-state index in [0.29, 0.717) is 17.4 Å². The van der Waals surface area contributed by atoms with E-state index < -0.39 is 12.9 Å². The number of likely N-dealkylation sites (N-methyl/N-ethyl adjacent to an activating group) is 1. The topological polar surface area (TPSA) is 61.8 Å². The summed E-state index contributed by atoms with van der Waals surface area (Å²) in [5, 5.41) is 4.36. The number of thiophene rings is 1. The SMILES string of the molecule is Cc1ccc(C[N+](C)(CCOC(=O)OCOC(=O)CCC[N+]2(Cc3ccsc3)CCCCC2)Cc2ccccc2)cc1. The molecule has 0 spiro atoms. The Morgan fingerprint density at radius 3 is 2.26 bits per heavy atom. The van der Waals surface area contributed by atoms with E-state index in [0.717, 1.165) is 50.2 Å². The number of hydrogen-bond donors (Lipinski definition) is 0. The van der Waals surface area contributed by atoms with Crippen LogP contribution in [-0.4, -0.2) is 67.7 Å². The first-order valence-electron chi connectivity index (χ1n) is 15.1. The van der Waals surface area contributed by atoms with Crippen LogP contribution < -0.4 is 0 Å². The van der Waals surface area contributed by atoms with Gasteiger partial charge in [0.25, 0.3) is 0 Å². The molecule has 0 bridgehead atoms. The molecule has 1 unspecified atom stereocenters. The van der Waals surface area contributed by atoms with E-state index in [-0.39, 0.29) is 12.6 Å². The number of carbonyl (C=O) groups is 2. The van der Waals surface area contributed by atoms with Crippen LogP contribution in [0.4, 0.5) is 4.79 Å². The summed E-state index contributed by atoms with van der Waals surface area (Å²) in [4.78, 5) is 24.6. The van der Waals surface area contributed by atoms with Gasteiger partial charge in [-0.3, -0.25) is 4.79 Å². The highest BCUT2D eigenvalue weighted by molar-refractivity contribution is 7.07. The van der Waals surface area contributed by atoms with Gasteiger partial charge in [0.1, 0.15) is 32.8 Å². The van der Waals surface area contributed by atoms with Crippen molar-refractivity contribution in [3.05, 3.63) is 93.7 Å². The molecule has 0 aliphatic carbocycles. The van der Waals surface area contributed by atoms with Gasteiger partial charge in [0.15, 0.2) is 0 Å². The van der Waals surface area contributed by atoms with Gasteiger partial charge < -0.3 is 23.2 Å². The number of benzene rings is 2. The lowest BCUT2D eigenvalue weighted by molar-refractivity contribution is -0.945. The van der Waals surface area contributed by atoms with Crippen molar-refractivity contribution >= 4 is 23.5 Å². The van der Waals surface area contributed by atoms with E-state index in [4.69, 9.17) is 14.2 Å². The standard InChI is InChI=1S/C34H46N2O5S/c1-29-13-15-31(16-14-29)25-35(2,24-30-10-5-3-6-11-30)21-22-39-34(38)41-28-40-33(37)12-9-20-36(18-7-4-8-19-36)26-32-17-23-42-27-32/h3,5-6,10-11,13-17,23,27H,4,7-9,12,18-22,24-26,28H2,1-2H3/q+2. The maximum Gasteiger partial charge on any atom is 0.511 e. The zero-order valence-electron chi connectivity index (χ0n) is 25.2. The molecule has 4 rings (SSSR count).